The third-order valence-electron chi connectivity index (χ3n) is 5.05. The lowest BCUT2D eigenvalue weighted by atomic mass is 9.92. The molecule has 136 valence electrons. The van der Waals surface area contributed by atoms with Crippen LogP contribution in [0.3, 0.4) is 0 Å². The molecule has 4 aromatic rings. The molecule has 0 bridgehead atoms. The molecule has 3 aromatic heterocycles. The number of rotatable bonds is 4. The van der Waals surface area contributed by atoms with Crippen LogP contribution < -0.4 is 10.5 Å². The minimum Gasteiger partial charge on any atom is -0.494 e. The van der Waals surface area contributed by atoms with Crippen molar-refractivity contribution in [2.75, 3.05) is 25.9 Å². The van der Waals surface area contributed by atoms with Crippen LogP contribution in [0.15, 0.2) is 42.7 Å². The summed E-state index contributed by atoms with van der Waals surface area (Å²) in [6, 6.07) is 9.90. The summed E-state index contributed by atoms with van der Waals surface area (Å²) in [7, 11) is 1.62. The van der Waals surface area contributed by atoms with Gasteiger partial charge in [0.15, 0.2) is 11.5 Å². The number of aromatic nitrogens is 5. The Kier molecular flexibility index (Phi) is 3.64. The molecular formula is C19H19N7O. The molecule has 27 heavy (non-hydrogen) atoms. The van der Waals surface area contributed by atoms with E-state index in [0.717, 1.165) is 24.3 Å². The van der Waals surface area contributed by atoms with Gasteiger partial charge in [-0.3, -0.25) is 9.88 Å². The van der Waals surface area contributed by atoms with Gasteiger partial charge in [-0.1, -0.05) is 6.07 Å². The maximum atomic E-state index is 6.11. The highest BCUT2D eigenvalue weighted by molar-refractivity contribution is 5.95. The maximum absolute atomic E-state index is 6.11. The predicted octanol–water partition coefficient (Wildman–Crippen LogP) is 1.86. The zero-order valence-corrected chi connectivity index (χ0v) is 14.9. The van der Waals surface area contributed by atoms with Crippen molar-refractivity contribution >= 4 is 22.5 Å². The highest BCUT2D eigenvalue weighted by atomic mass is 16.5. The zero-order chi connectivity index (χ0) is 18.4. The Morgan fingerprint density at radius 2 is 1.96 bits per heavy atom. The molecule has 0 aliphatic carbocycles. The van der Waals surface area contributed by atoms with Gasteiger partial charge < -0.3 is 10.5 Å². The van der Waals surface area contributed by atoms with E-state index in [1.807, 2.05) is 30.6 Å². The van der Waals surface area contributed by atoms with Gasteiger partial charge >= 0.3 is 0 Å². The van der Waals surface area contributed by atoms with Gasteiger partial charge in [-0.2, -0.15) is 4.52 Å². The number of hydrogen-bond acceptors (Lipinski definition) is 7. The molecule has 4 heterocycles. The lowest BCUT2D eigenvalue weighted by Crippen LogP contribution is -2.44. The third-order valence-corrected chi connectivity index (χ3v) is 5.05. The Morgan fingerprint density at radius 1 is 1.15 bits per heavy atom. The lowest BCUT2D eigenvalue weighted by molar-refractivity contribution is 0.136. The van der Waals surface area contributed by atoms with Crippen molar-refractivity contribution in [3.05, 3.63) is 54.1 Å². The molecule has 0 radical (unpaired) electrons. The number of nitrogen functional groups attached to an aromatic ring is 1. The molecule has 1 fully saturated rings. The Labute approximate surface area is 155 Å². The van der Waals surface area contributed by atoms with E-state index < -0.39 is 0 Å². The molecule has 1 aromatic carbocycles. The van der Waals surface area contributed by atoms with Gasteiger partial charge in [-0.25, -0.2) is 9.97 Å². The summed E-state index contributed by atoms with van der Waals surface area (Å²) in [5.41, 5.74) is 8.84. The minimum absolute atomic E-state index is 0.305. The smallest absolute Gasteiger partial charge is 0.223 e. The summed E-state index contributed by atoms with van der Waals surface area (Å²) in [6.45, 7) is 2.66. The average Bonchev–Trinajstić information content (AvgIpc) is 3.10. The molecule has 0 atom stereocenters. The molecule has 0 unspecified atom stereocenters. The van der Waals surface area contributed by atoms with E-state index in [4.69, 9.17) is 15.5 Å². The number of likely N-dealkylation sites (tertiary alicyclic amines) is 1. The molecule has 8 nitrogen and oxygen atoms in total. The highest BCUT2D eigenvalue weighted by Gasteiger charge is 2.29. The summed E-state index contributed by atoms with van der Waals surface area (Å²) in [5.74, 6) is 2.27. The van der Waals surface area contributed by atoms with Crippen LogP contribution in [0.25, 0.3) is 16.6 Å². The first-order valence-electron chi connectivity index (χ1n) is 8.83. The van der Waals surface area contributed by atoms with Crippen molar-refractivity contribution in [2.24, 2.45) is 0 Å². The van der Waals surface area contributed by atoms with Gasteiger partial charge in [0.2, 0.25) is 5.95 Å². The topological polar surface area (TPSA) is 94.5 Å². The Balaban J connectivity index is 1.42. The van der Waals surface area contributed by atoms with Gasteiger partial charge in [-0.05, 0) is 29.8 Å². The fourth-order valence-corrected chi connectivity index (χ4v) is 3.65. The molecule has 2 N–H and O–H groups in total. The number of para-hydroxylation sites is 1. The molecule has 0 spiro atoms. The zero-order valence-electron chi connectivity index (χ0n) is 14.9. The molecular weight excluding hydrogens is 342 g/mol. The Morgan fingerprint density at radius 3 is 2.74 bits per heavy atom. The minimum atomic E-state index is 0.305. The summed E-state index contributed by atoms with van der Waals surface area (Å²) >= 11 is 0. The Bertz CT molecular complexity index is 1120. The largest absolute Gasteiger partial charge is 0.494 e. The molecule has 1 aliphatic rings. The van der Waals surface area contributed by atoms with E-state index in [9.17, 15) is 0 Å². The molecule has 8 heteroatoms. The van der Waals surface area contributed by atoms with Gasteiger partial charge in [-0.15, -0.1) is 5.10 Å². The van der Waals surface area contributed by atoms with Crippen LogP contribution in [0.4, 0.5) is 5.95 Å². The number of ether oxygens (including phenoxy) is 1. The normalized spacial score (nSPS) is 15.3. The average molecular weight is 361 g/mol. The van der Waals surface area contributed by atoms with Crippen molar-refractivity contribution in [3.63, 3.8) is 0 Å². The van der Waals surface area contributed by atoms with Crippen LogP contribution in [-0.4, -0.2) is 49.7 Å². The highest BCUT2D eigenvalue weighted by Crippen LogP contribution is 2.29. The molecule has 0 saturated carbocycles. The number of benzene rings is 1. The van der Waals surface area contributed by atoms with Crippen molar-refractivity contribution in [3.8, 4) is 5.75 Å². The first kappa shape index (κ1) is 16.0. The van der Waals surface area contributed by atoms with Crippen molar-refractivity contribution in [1.82, 2.24) is 29.5 Å². The van der Waals surface area contributed by atoms with Crippen molar-refractivity contribution in [2.45, 2.75) is 12.5 Å². The number of pyridine rings is 1. The van der Waals surface area contributed by atoms with E-state index in [1.54, 1.807) is 11.6 Å². The van der Waals surface area contributed by atoms with Crippen LogP contribution in [0.2, 0.25) is 0 Å². The van der Waals surface area contributed by atoms with Crippen molar-refractivity contribution < 1.29 is 4.74 Å². The van der Waals surface area contributed by atoms with Crippen LogP contribution in [0, 0.1) is 0 Å². The van der Waals surface area contributed by atoms with E-state index in [0.29, 0.717) is 35.3 Å². The molecule has 0 amide bonds. The predicted molar refractivity (Wildman–Crippen MR) is 102 cm³/mol. The summed E-state index contributed by atoms with van der Waals surface area (Å²) in [4.78, 5) is 15.6. The van der Waals surface area contributed by atoms with Crippen LogP contribution in [-0.2, 0) is 6.54 Å². The van der Waals surface area contributed by atoms with E-state index in [2.05, 4.69) is 32.1 Å². The number of hydrogen-bond donors (Lipinski definition) is 1. The van der Waals surface area contributed by atoms with Gasteiger partial charge in [0.1, 0.15) is 11.3 Å². The first-order chi connectivity index (χ1) is 13.2. The van der Waals surface area contributed by atoms with E-state index in [-0.39, 0.29) is 0 Å². The molecule has 1 aliphatic heterocycles. The van der Waals surface area contributed by atoms with Crippen LogP contribution in [0.5, 0.6) is 5.75 Å². The number of nitrogens with two attached hydrogens (primary N) is 1. The second kappa shape index (κ2) is 6.17. The maximum Gasteiger partial charge on any atom is 0.223 e. The fourth-order valence-electron chi connectivity index (χ4n) is 3.65. The van der Waals surface area contributed by atoms with E-state index in [1.165, 1.54) is 5.56 Å². The quantitative estimate of drug-likeness (QED) is 0.593. The number of fused-ring (bicyclic) bond motifs is 3. The summed E-state index contributed by atoms with van der Waals surface area (Å²) in [5, 5.41) is 5.44. The third kappa shape index (κ3) is 2.65. The lowest BCUT2D eigenvalue weighted by Gasteiger charge is -2.38. The van der Waals surface area contributed by atoms with Gasteiger partial charge in [0.05, 0.1) is 13.7 Å². The molecule has 5 rings (SSSR count). The van der Waals surface area contributed by atoms with Crippen molar-refractivity contribution in [1.29, 1.82) is 0 Å². The molecule has 1 saturated heterocycles. The number of anilines is 1. The van der Waals surface area contributed by atoms with E-state index >= 15 is 0 Å². The SMILES string of the molecule is COc1cccc2c1nc(N)n1nc(CN3CC(c4ccncc4)C3)nc21. The van der Waals surface area contributed by atoms with Gasteiger partial charge in [0.25, 0.3) is 0 Å². The first-order valence-corrected chi connectivity index (χ1v) is 8.83. The standard InChI is InChI=1S/C19H19N7O/c1-27-15-4-2-3-14-17(15)23-19(20)26-18(14)22-16(24-26)11-25-9-13(10-25)12-5-7-21-8-6-12/h2-8,13H,9-11H2,1H3,(H2,20,23). The van der Waals surface area contributed by atoms with Crippen LogP contribution >= 0.6 is 0 Å². The summed E-state index contributed by atoms with van der Waals surface area (Å²) in [6.07, 6.45) is 3.69. The monoisotopic (exact) mass is 361 g/mol. The number of methoxy groups -OCH3 is 1. The second-order valence-corrected chi connectivity index (χ2v) is 6.76. The number of nitrogens with zero attached hydrogens (tertiary/aromatic N) is 6. The second-order valence-electron chi connectivity index (χ2n) is 6.76. The van der Waals surface area contributed by atoms with Crippen LogP contribution in [0.1, 0.15) is 17.3 Å². The fraction of sp³-hybridized carbons (Fsp3) is 0.263. The Hall–Kier alpha value is -3.26. The summed E-state index contributed by atoms with van der Waals surface area (Å²) < 4.78 is 7.00. The van der Waals surface area contributed by atoms with Gasteiger partial charge in [0, 0.05) is 36.8 Å².